The molecule has 0 radical (unpaired) electrons. The van der Waals surface area contributed by atoms with Crippen molar-refractivity contribution >= 4 is 77.1 Å². The summed E-state index contributed by atoms with van der Waals surface area (Å²) >= 11 is 1.86. The lowest BCUT2D eigenvalue weighted by molar-refractivity contribution is 1.26. The van der Waals surface area contributed by atoms with Crippen LogP contribution in [-0.2, 0) is 0 Å². The smallest absolute Gasteiger partial charge is 0.359 e. The Morgan fingerprint density at radius 3 is 2.38 bits per heavy atom. The predicted octanol–water partition coefficient (Wildman–Crippen LogP) is 8.60. The van der Waals surface area contributed by atoms with Crippen molar-refractivity contribution in [2.75, 3.05) is 4.81 Å². The van der Waals surface area contributed by atoms with Crippen molar-refractivity contribution in [1.82, 2.24) is 9.46 Å². The van der Waals surface area contributed by atoms with Crippen LogP contribution < -0.4 is 10.3 Å². The maximum atomic E-state index is 4.99. The number of pyridine rings is 1. The summed E-state index contributed by atoms with van der Waals surface area (Å²) in [4.78, 5) is 7.51. The third-order valence-corrected chi connectivity index (χ3v) is 9.95. The van der Waals surface area contributed by atoms with Gasteiger partial charge in [0.05, 0.1) is 16.9 Å². The van der Waals surface area contributed by atoms with E-state index in [0.29, 0.717) is 0 Å². The number of thiophene rings is 1. The molecule has 5 heteroatoms. The van der Waals surface area contributed by atoms with Crippen LogP contribution in [0.15, 0.2) is 121 Å². The van der Waals surface area contributed by atoms with E-state index in [9.17, 15) is 0 Å². The highest BCUT2D eigenvalue weighted by Crippen LogP contribution is 2.49. The molecule has 10 rings (SSSR count). The van der Waals surface area contributed by atoms with Crippen LogP contribution in [0, 0.1) is 0 Å². The fourth-order valence-electron chi connectivity index (χ4n) is 7.14. The zero-order valence-corrected chi connectivity index (χ0v) is 22.2. The predicted molar refractivity (Wildman–Crippen MR) is 170 cm³/mol. The number of aromatic nitrogens is 2. The molecule has 3 aromatic heterocycles. The number of rotatable bonds is 1. The van der Waals surface area contributed by atoms with Crippen LogP contribution >= 0.6 is 11.3 Å². The van der Waals surface area contributed by atoms with Gasteiger partial charge in [-0.25, -0.2) is 0 Å². The molecule has 40 heavy (non-hydrogen) atoms. The molecule has 0 amide bonds. The van der Waals surface area contributed by atoms with Crippen molar-refractivity contribution < 1.29 is 0 Å². The Morgan fingerprint density at radius 1 is 0.600 bits per heavy atom. The van der Waals surface area contributed by atoms with Crippen molar-refractivity contribution in [2.45, 2.75) is 0 Å². The Bertz CT molecular complexity index is 2370. The molecule has 2 aliphatic rings. The Balaban J connectivity index is 1.23. The second-order valence-corrected chi connectivity index (χ2v) is 11.9. The van der Waals surface area contributed by atoms with Crippen LogP contribution in [0.3, 0.4) is 0 Å². The number of nitrogens with zero attached hydrogens (tertiary/aromatic N) is 3. The van der Waals surface area contributed by atoms with Crippen molar-refractivity contribution in [2.24, 2.45) is 0 Å². The normalized spacial score (nSPS) is 13.4. The largest absolute Gasteiger partial charge is 0.423 e. The van der Waals surface area contributed by atoms with E-state index < -0.39 is 0 Å². The number of hydrogen-bond donors (Lipinski definition) is 0. The molecule has 184 valence electrons. The molecule has 8 aromatic rings. The fourth-order valence-corrected chi connectivity index (χ4v) is 8.23. The molecule has 0 saturated heterocycles. The van der Waals surface area contributed by atoms with Crippen molar-refractivity contribution in [3.8, 4) is 22.4 Å². The first-order valence-corrected chi connectivity index (χ1v) is 14.5. The monoisotopic (exact) mass is 525 g/mol. The van der Waals surface area contributed by atoms with Crippen LogP contribution in [-0.4, -0.2) is 16.4 Å². The molecule has 2 aliphatic heterocycles. The van der Waals surface area contributed by atoms with Gasteiger partial charge in [-0.05, 0) is 65.1 Å². The van der Waals surface area contributed by atoms with Gasteiger partial charge in [-0.2, -0.15) is 0 Å². The fraction of sp³-hybridized carbons (Fsp3) is 0. The van der Waals surface area contributed by atoms with Gasteiger partial charge in [-0.1, -0.05) is 66.7 Å². The zero-order valence-electron chi connectivity index (χ0n) is 21.4. The summed E-state index contributed by atoms with van der Waals surface area (Å²) < 4.78 is 5.19. The van der Waals surface area contributed by atoms with E-state index in [1.807, 2.05) is 17.5 Å². The minimum atomic E-state index is 0.0374. The summed E-state index contributed by atoms with van der Waals surface area (Å²) in [5, 5.41) is 5.27. The summed E-state index contributed by atoms with van der Waals surface area (Å²) in [7, 11) is 0. The Kier molecular flexibility index (Phi) is 3.89. The molecule has 0 aliphatic carbocycles. The summed E-state index contributed by atoms with van der Waals surface area (Å²) in [5.41, 5.74) is 11.0. The third-order valence-electron chi connectivity index (χ3n) is 8.80. The van der Waals surface area contributed by atoms with Crippen LogP contribution in [0.4, 0.5) is 11.4 Å². The summed E-state index contributed by atoms with van der Waals surface area (Å²) in [6.07, 6.45) is 1.93. The van der Waals surface area contributed by atoms with Gasteiger partial charge < -0.3 is 9.29 Å². The van der Waals surface area contributed by atoms with Gasteiger partial charge in [0.1, 0.15) is 0 Å². The average Bonchev–Trinajstić information content (AvgIpc) is 3.68. The molecule has 0 fully saturated rings. The van der Waals surface area contributed by atoms with Crippen molar-refractivity contribution in [1.29, 1.82) is 0 Å². The van der Waals surface area contributed by atoms with E-state index in [4.69, 9.17) is 4.98 Å². The van der Waals surface area contributed by atoms with Gasteiger partial charge in [-0.3, -0.25) is 4.98 Å². The molecule has 5 heterocycles. The van der Waals surface area contributed by atoms with Crippen LogP contribution in [0.25, 0.3) is 64.4 Å². The van der Waals surface area contributed by atoms with E-state index >= 15 is 0 Å². The van der Waals surface area contributed by atoms with Gasteiger partial charge in [0.25, 0.3) is 0 Å². The molecular formula is C35H20BN3S. The van der Waals surface area contributed by atoms with Crippen molar-refractivity contribution in [3.63, 3.8) is 0 Å². The minimum absolute atomic E-state index is 0.0374. The number of para-hydroxylation sites is 2. The van der Waals surface area contributed by atoms with E-state index in [2.05, 4.69) is 125 Å². The molecule has 0 N–H and O–H groups in total. The highest BCUT2D eigenvalue weighted by atomic mass is 32.1. The van der Waals surface area contributed by atoms with Gasteiger partial charge in [-0.15, -0.1) is 11.3 Å². The summed E-state index contributed by atoms with van der Waals surface area (Å²) in [6.45, 7) is 0.0374. The highest BCUT2D eigenvalue weighted by Gasteiger charge is 2.45. The molecule has 5 aromatic carbocycles. The molecule has 0 bridgehead atoms. The minimum Gasteiger partial charge on any atom is -0.359 e. The molecule has 3 nitrogen and oxygen atoms in total. The number of fused-ring (bicyclic) bond motifs is 14. The lowest BCUT2D eigenvalue weighted by Gasteiger charge is -2.34. The zero-order chi connectivity index (χ0) is 25.9. The third kappa shape index (κ3) is 2.54. The summed E-state index contributed by atoms with van der Waals surface area (Å²) in [5.74, 6) is 0. The number of hydrogen-bond acceptors (Lipinski definition) is 3. The van der Waals surface area contributed by atoms with Gasteiger partial charge in [0.2, 0.25) is 0 Å². The first-order valence-electron chi connectivity index (χ1n) is 13.7. The maximum Gasteiger partial charge on any atom is 0.423 e. The maximum absolute atomic E-state index is 4.99. The van der Waals surface area contributed by atoms with E-state index in [-0.39, 0.29) is 6.98 Å². The SMILES string of the molecule is c1cnc2c(c1)B1N(c3ccc(-c4ccc5sc6ccccc6c5c4)cc3-2)c2cccc3c4ccccc4n1c23. The van der Waals surface area contributed by atoms with Gasteiger partial charge in [0, 0.05) is 53.9 Å². The van der Waals surface area contributed by atoms with Crippen LogP contribution in [0.5, 0.6) is 0 Å². The molecule has 0 saturated carbocycles. The number of benzene rings is 5. The lowest BCUT2D eigenvalue weighted by atomic mass is 9.61. The van der Waals surface area contributed by atoms with Gasteiger partial charge in [0.15, 0.2) is 0 Å². The van der Waals surface area contributed by atoms with E-state index in [1.54, 1.807) is 0 Å². The highest BCUT2D eigenvalue weighted by molar-refractivity contribution is 7.25. The van der Waals surface area contributed by atoms with Crippen LogP contribution in [0.1, 0.15) is 0 Å². The average molecular weight is 525 g/mol. The molecule has 0 unspecified atom stereocenters. The Labute approximate surface area is 234 Å². The Hall–Kier alpha value is -4.87. The summed E-state index contributed by atoms with van der Waals surface area (Å²) in [6, 6.07) is 42.4. The second kappa shape index (κ2) is 7.41. The first kappa shape index (κ1) is 21.0. The second-order valence-electron chi connectivity index (χ2n) is 10.8. The molecular weight excluding hydrogens is 505 g/mol. The van der Waals surface area contributed by atoms with Crippen molar-refractivity contribution in [3.05, 3.63) is 121 Å². The molecule has 0 spiro atoms. The topological polar surface area (TPSA) is 21.1 Å². The van der Waals surface area contributed by atoms with E-state index in [1.165, 1.54) is 75.5 Å². The number of anilines is 2. The molecule has 0 atom stereocenters. The standard InChI is InChI=1S/C35H20BN3S/c1-3-11-29-23(7-1)25-9-5-12-31-35(25)39(29)36-28-10-6-18-37-34(28)27-20-21(14-16-30(27)38(31)36)22-15-17-33-26(19-22)24-8-2-4-13-32(24)40-33/h1-20H. The Morgan fingerprint density at radius 2 is 1.40 bits per heavy atom. The van der Waals surface area contributed by atoms with Gasteiger partial charge >= 0.3 is 6.98 Å². The first-order chi connectivity index (χ1) is 19.8. The lowest BCUT2D eigenvalue weighted by Crippen LogP contribution is -2.51. The van der Waals surface area contributed by atoms with Crippen LogP contribution in [0.2, 0.25) is 0 Å². The van der Waals surface area contributed by atoms with E-state index in [0.717, 1.165) is 5.69 Å². The quantitative estimate of drug-likeness (QED) is 0.200.